The van der Waals surface area contributed by atoms with E-state index in [4.69, 9.17) is 13.9 Å². The van der Waals surface area contributed by atoms with E-state index in [0.29, 0.717) is 17.0 Å². The Labute approximate surface area is 144 Å². The Morgan fingerprint density at radius 1 is 0.960 bits per heavy atom. The molecule has 0 radical (unpaired) electrons. The third kappa shape index (κ3) is 2.43. The smallest absolute Gasteiger partial charge is 0.291 e. The quantitative estimate of drug-likeness (QED) is 0.736. The van der Waals surface area contributed by atoms with Crippen molar-refractivity contribution in [2.24, 2.45) is 0 Å². The molecule has 2 aromatic carbocycles. The van der Waals surface area contributed by atoms with Crippen LogP contribution in [0.3, 0.4) is 0 Å². The van der Waals surface area contributed by atoms with Gasteiger partial charge in [0.25, 0.3) is 11.7 Å². The van der Waals surface area contributed by atoms with Gasteiger partial charge in [-0.05, 0) is 37.1 Å². The molecule has 1 amide bonds. The van der Waals surface area contributed by atoms with E-state index in [2.05, 4.69) is 5.32 Å². The maximum absolute atomic E-state index is 12.5. The molecule has 0 bridgehead atoms. The first kappa shape index (κ1) is 14.4. The van der Waals surface area contributed by atoms with Crippen molar-refractivity contribution in [1.82, 2.24) is 0 Å². The summed E-state index contributed by atoms with van der Waals surface area (Å²) >= 11 is 0. The van der Waals surface area contributed by atoms with Crippen LogP contribution in [-0.2, 0) is 0 Å². The second-order valence-electron chi connectivity index (χ2n) is 6.59. The number of carbonyl (C=O) groups is 1. The average Bonchev–Trinajstić information content (AvgIpc) is 3.32. The standard InChI is InChI=1S/C20H17NO4/c22-19(18-11-13-5-1-2-6-15(13)23-18)21-14-7-8-16-17(12-14)25-20(24-16)9-3-4-10-20/h1-2,5-8,11-12H,3-4,9-10H2,(H,21,22). The molecule has 0 unspecified atom stereocenters. The van der Waals surface area contributed by atoms with Crippen LogP contribution >= 0.6 is 0 Å². The van der Waals surface area contributed by atoms with Gasteiger partial charge in [0.15, 0.2) is 17.3 Å². The molecule has 1 fully saturated rings. The summed E-state index contributed by atoms with van der Waals surface area (Å²) in [6, 6.07) is 14.8. The Morgan fingerprint density at radius 2 is 1.76 bits per heavy atom. The van der Waals surface area contributed by atoms with Crippen LogP contribution in [0.1, 0.15) is 36.2 Å². The molecule has 1 aliphatic heterocycles. The third-order valence-corrected chi connectivity index (χ3v) is 4.81. The molecule has 1 N–H and O–H groups in total. The number of hydrogen-bond donors (Lipinski definition) is 1. The van der Waals surface area contributed by atoms with Gasteiger partial charge in [0, 0.05) is 30.0 Å². The highest BCUT2D eigenvalue weighted by Gasteiger charge is 2.44. The summed E-state index contributed by atoms with van der Waals surface area (Å²) in [7, 11) is 0. The van der Waals surface area contributed by atoms with E-state index in [-0.39, 0.29) is 11.7 Å². The minimum absolute atomic E-state index is 0.283. The molecule has 5 rings (SSSR count). The molecule has 1 aromatic heterocycles. The monoisotopic (exact) mass is 335 g/mol. The fourth-order valence-electron chi connectivity index (χ4n) is 3.58. The number of furan rings is 1. The third-order valence-electron chi connectivity index (χ3n) is 4.81. The first-order chi connectivity index (χ1) is 12.2. The van der Waals surface area contributed by atoms with Gasteiger partial charge < -0.3 is 19.2 Å². The predicted molar refractivity (Wildman–Crippen MR) is 93.1 cm³/mol. The summed E-state index contributed by atoms with van der Waals surface area (Å²) in [5.74, 6) is 0.925. The van der Waals surface area contributed by atoms with Crippen LogP contribution in [0, 0.1) is 0 Å². The van der Waals surface area contributed by atoms with E-state index >= 15 is 0 Å². The van der Waals surface area contributed by atoms with Gasteiger partial charge in [-0.25, -0.2) is 0 Å². The summed E-state index contributed by atoms with van der Waals surface area (Å²) in [6.45, 7) is 0. The van der Waals surface area contributed by atoms with Crippen LogP contribution in [0.25, 0.3) is 11.0 Å². The molecule has 1 aliphatic carbocycles. The van der Waals surface area contributed by atoms with Crippen molar-refractivity contribution < 1.29 is 18.7 Å². The molecule has 1 saturated carbocycles. The van der Waals surface area contributed by atoms with Crippen LogP contribution in [0.15, 0.2) is 52.9 Å². The molecule has 5 nitrogen and oxygen atoms in total. The zero-order valence-corrected chi connectivity index (χ0v) is 13.6. The fourth-order valence-corrected chi connectivity index (χ4v) is 3.58. The van der Waals surface area contributed by atoms with E-state index in [1.165, 1.54) is 0 Å². The Morgan fingerprint density at radius 3 is 2.60 bits per heavy atom. The highest BCUT2D eigenvalue weighted by Crippen LogP contribution is 2.47. The maximum Gasteiger partial charge on any atom is 0.291 e. The number of amides is 1. The van der Waals surface area contributed by atoms with Crippen molar-refractivity contribution in [2.45, 2.75) is 31.5 Å². The van der Waals surface area contributed by atoms with Gasteiger partial charge >= 0.3 is 0 Å². The number of anilines is 1. The second-order valence-corrected chi connectivity index (χ2v) is 6.59. The van der Waals surface area contributed by atoms with Crippen molar-refractivity contribution in [3.8, 4) is 11.5 Å². The summed E-state index contributed by atoms with van der Waals surface area (Å²) in [4.78, 5) is 12.5. The van der Waals surface area contributed by atoms with E-state index in [9.17, 15) is 4.79 Å². The van der Waals surface area contributed by atoms with Crippen molar-refractivity contribution in [1.29, 1.82) is 0 Å². The van der Waals surface area contributed by atoms with Crippen molar-refractivity contribution >= 4 is 22.6 Å². The Hall–Kier alpha value is -2.95. The van der Waals surface area contributed by atoms with Crippen LogP contribution in [0.2, 0.25) is 0 Å². The van der Waals surface area contributed by atoms with E-state index in [0.717, 1.165) is 36.8 Å². The topological polar surface area (TPSA) is 60.7 Å². The Bertz CT molecular complexity index is 936. The Balaban J connectivity index is 1.37. The molecule has 2 aliphatic rings. The lowest BCUT2D eigenvalue weighted by molar-refractivity contribution is -0.0716. The summed E-state index contributed by atoms with van der Waals surface area (Å²) < 4.78 is 17.6. The minimum atomic E-state index is -0.496. The predicted octanol–water partition coefficient (Wildman–Crippen LogP) is 4.73. The maximum atomic E-state index is 12.5. The van der Waals surface area contributed by atoms with Crippen LogP contribution in [-0.4, -0.2) is 11.7 Å². The van der Waals surface area contributed by atoms with Gasteiger partial charge in [-0.1, -0.05) is 18.2 Å². The van der Waals surface area contributed by atoms with Crippen LogP contribution in [0.5, 0.6) is 11.5 Å². The normalized spacial score (nSPS) is 17.3. The highest BCUT2D eigenvalue weighted by atomic mass is 16.7. The zero-order chi connectivity index (χ0) is 16.9. The average molecular weight is 335 g/mol. The molecule has 25 heavy (non-hydrogen) atoms. The number of benzene rings is 2. The van der Waals surface area contributed by atoms with E-state index < -0.39 is 5.79 Å². The fraction of sp³-hybridized carbons (Fsp3) is 0.250. The zero-order valence-electron chi connectivity index (χ0n) is 13.6. The number of carbonyl (C=O) groups excluding carboxylic acids is 1. The minimum Gasteiger partial charge on any atom is -0.451 e. The molecule has 126 valence electrons. The lowest BCUT2D eigenvalue weighted by Crippen LogP contribution is -2.34. The second kappa shape index (κ2) is 5.28. The molecular formula is C20H17NO4. The van der Waals surface area contributed by atoms with Gasteiger partial charge in [-0.3, -0.25) is 4.79 Å². The van der Waals surface area contributed by atoms with Crippen molar-refractivity contribution in [3.63, 3.8) is 0 Å². The molecule has 0 saturated heterocycles. The van der Waals surface area contributed by atoms with Gasteiger partial charge in [0.05, 0.1) is 0 Å². The summed E-state index contributed by atoms with van der Waals surface area (Å²) in [5.41, 5.74) is 1.35. The number of para-hydroxylation sites is 1. The SMILES string of the molecule is O=C(Nc1ccc2c(c1)OC1(CCCC1)O2)c1cc2ccccc2o1. The van der Waals surface area contributed by atoms with E-state index in [1.54, 1.807) is 6.07 Å². The number of fused-ring (bicyclic) bond motifs is 2. The summed E-state index contributed by atoms with van der Waals surface area (Å²) in [5, 5.41) is 3.76. The highest BCUT2D eigenvalue weighted by molar-refractivity contribution is 6.04. The summed E-state index contributed by atoms with van der Waals surface area (Å²) in [6.07, 6.45) is 4.04. The largest absolute Gasteiger partial charge is 0.451 e. The molecule has 5 heteroatoms. The molecule has 2 heterocycles. The number of nitrogens with one attached hydrogen (secondary N) is 1. The van der Waals surface area contributed by atoms with Gasteiger partial charge in [0.2, 0.25) is 0 Å². The first-order valence-electron chi connectivity index (χ1n) is 8.53. The molecular weight excluding hydrogens is 318 g/mol. The lowest BCUT2D eigenvalue weighted by atomic mass is 10.2. The van der Waals surface area contributed by atoms with Gasteiger partial charge in [0.1, 0.15) is 5.58 Å². The van der Waals surface area contributed by atoms with Crippen LogP contribution < -0.4 is 14.8 Å². The van der Waals surface area contributed by atoms with Gasteiger partial charge in [-0.2, -0.15) is 0 Å². The number of ether oxygens (including phenoxy) is 2. The Kier molecular flexibility index (Phi) is 3.04. The molecule has 3 aromatic rings. The number of rotatable bonds is 2. The molecule has 1 spiro atoms. The first-order valence-corrected chi connectivity index (χ1v) is 8.53. The van der Waals surface area contributed by atoms with E-state index in [1.807, 2.05) is 42.5 Å². The van der Waals surface area contributed by atoms with Crippen LogP contribution in [0.4, 0.5) is 5.69 Å². The lowest BCUT2D eigenvalue weighted by Gasteiger charge is -2.21. The molecule has 0 atom stereocenters. The van der Waals surface area contributed by atoms with Crippen molar-refractivity contribution in [3.05, 3.63) is 54.3 Å². The van der Waals surface area contributed by atoms with Gasteiger partial charge in [-0.15, -0.1) is 0 Å². The van der Waals surface area contributed by atoms with Crippen molar-refractivity contribution in [2.75, 3.05) is 5.32 Å². The number of hydrogen-bond acceptors (Lipinski definition) is 4.